The van der Waals surface area contributed by atoms with Crippen LogP contribution >= 0.6 is 0 Å². The summed E-state index contributed by atoms with van der Waals surface area (Å²) < 4.78 is 6.03. The minimum absolute atomic E-state index is 0.0252. The van der Waals surface area contributed by atoms with Crippen molar-refractivity contribution >= 4 is 11.7 Å². The maximum Gasteiger partial charge on any atom is 0.270 e. The molecule has 5 heteroatoms. The smallest absolute Gasteiger partial charge is 0.270 e. The zero-order valence-electron chi connectivity index (χ0n) is 15.1. The van der Waals surface area contributed by atoms with E-state index in [1.807, 2.05) is 56.0 Å². The molecule has 0 radical (unpaired) electrons. The number of Topliss-reactive ketones (excluding diaryl/α,β-unsaturated/α-hetero) is 1. The number of amides is 1. The monoisotopic (exact) mass is 340 g/mol. The molecule has 1 N–H and O–H groups in total. The van der Waals surface area contributed by atoms with E-state index in [0.29, 0.717) is 24.3 Å². The summed E-state index contributed by atoms with van der Waals surface area (Å²) in [7, 11) is 0. The van der Waals surface area contributed by atoms with Gasteiger partial charge >= 0.3 is 0 Å². The SMILES string of the molecule is CC(=O)c1c(C)[nH]c(C(=O)N2C[C@@H](C)O[C@H](c3ccccc3)C2)c1C. The van der Waals surface area contributed by atoms with Crippen molar-refractivity contribution in [1.29, 1.82) is 0 Å². The fourth-order valence-corrected chi connectivity index (χ4v) is 3.62. The summed E-state index contributed by atoms with van der Waals surface area (Å²) in [6.07, 6.45) is -0.191. The van der Waals surface area contributed by atoms with Crippen LogP contribution in [0.1, 0.15) is 57.6 Å². The summed E-state index contributed by atoms with van der Waals surface area (Å²) in [4.78, 5) is 29.8. The van der Waals surface area contributed by atoms with E-state index in [-0.39, 0.29) is 23.9 Å². The number of nitrogens with one attached hydrogen (secondary N) is 1. The van der Waals surface area contributed by atoms with Crippen molar-refractivity contribution in [1.82, 2.24) is 9.88 Å². The van der Waals surface area contributed by atoms with Crippen molar-refractivity contribution in [3.05, 3.63) is 58.4 Å². The standard InChI is InChI=1S/C20H24N2O3/c1-12-10-22(11-17(25-12)16-8-6-5-7-9-16)20(24)19-13(2)18(15(4)23)14(3)21-19/h5-9,12,17,21H,10-11H2,1-4H3/t12-,17+/m1/s1. The number of aryl methyl sites for hydroxylation is 1. The first kappa shape index (κ1) is 17.4. The van der Waals surface area contributed by atoms with Crippen molar-refractivity contribution in [3.63, 3.8) is 0 Å². The molecule has 5 nitrogen and oxygen atoms in total. The van der Waals surface area contributed by atoms with Crippen LogP contribution in [-0.4, -0.2) is 40.8 Å². The second-order valence-electron chi connectivity index (χ2n) is 6.74. The molecular formula is C20H24N2O3. The number of H-pyrrole nitrogens is 1. The molecule has 0 saturated carbocycles. The van der Waals surface area contributed by atoms with Gasteiger partial charge in [-0.15, -0.1) is 0 Å². The summed E-state index contributed by atoms with van der Waals surface area (Å²) in [5.41, 5.74) is 3.66. The maximum absolute atomic E-state index is 13.1. The molecule has 0 aliphatic carbocycles. The highest BCUT2D eigenvalue weighted by atomic mass is 16.5. The van der Waals surface area contributed by atoms with Crippen molar-refractivity contribution in [3.8, 4) is 0 Å². The first-order valence-corrected chi connectivity index (χ1v) is 8.58. The molecule has 0 spiro atoms. The third kappa shape index (κ3) is 3.37. The Labute approximate surface area is 148 Å². The lowest BCUT2D eigenvalue weighted by molar-refractivity contribution is -0.0693. The molecule has 25 heavy (non-hydrogen) atoms. The lowest BCUT2D eigenvalue weighted by Crippen LogP contribution is -2.46. The Balaban J connectivity index is 1.87. The Hall–Kier alpha value is -2.40. The van der Waals surface area contributed by atoms with Crippen molar-refractivity contribution < 1.29 is 14.3 Å². The van der Waals surface area contributed by atoms with E-state index >= 15 is 0 Å². The van der Waals surface area contributed by atoms with Crippen LogP contribution in [0.2, 0.25) is 0 Å². The van der Waals surface area contributed by atoms with Crippen LogP contribution in [-0.2, 0) is 4.74 Å². The summed E-state index contributed by atoms with van der Waals surface area (Å²) in [6.45, 7) is 8.19. The summed E-state index contributed by atoms with van der Waals surface area (Å²) >= 11 is 0. The highest BCUT2D eigenvalue weighted by molar-refractivity contribution is 6.02. The van der Waals surface area contributed by atoms with Gasteiger partial charge in [-0.3, -0.25) is 9.59 Å². The van der Waals surface area contributed by atoms with Crippen LogP contribution in [0, 0.1) is 13.8 Å². The third-order valence-electron chi connectivity index (χ3n) is 4.72. The zero-order chi connectivity index (χ0) is 18.1. The van der Waals surface area contributed by atoms with Crippen molar-refractivity contribution in [2.45, 2.75) is 39.9 Å². The minimum Gasteiger partial charge on any atom is -0.367 e. The van der Waals surface area contributed by atoms with Gasteiger partial charge in [-0.25, -0.2) is 0 Å². The number of hydrogen-bond acceptors (Lipinski definition) is 3. The average Bonchev–Trinajstić information content (AvgIpc) is 2.89. The molecule has 1 saturated heterocycles. The Morgan fingerprint density at radius 2 is 1.84 bits per heavy atom. The minimum atomic E-state index is -0.141. The lowest BCUT2D eigenvalue weighted by atomic mass is 10.0. The molecule has 1 aromatic carbocycles. The number of ketones is 1. The summed E-state index contributed by atoms with van der Waals surface area (Å²) in [5.74, 6) is -0.105. The normalized spacial score (nSPS) is 20.6. The molecule has 1 aromatic heterocycles. The molecular weight excluding hydrogens is 316 g/mol. The number of carbonyl (C=O) groups excluding carboxylic acids is 2. The maximum atomic E-state index is 13.1. The molecule has 2 atom stereocenters. The van der Waals surface area contributed by atoms with E-state index in [1.165, 1.54) is 6.92 Å². The van der Waals surface area contributed by atoms with Crippen LogP contribution in [0.3, 0.4) is 0 Å². The molecule has 1 aliphatic heterocycles. The van der Waals surface area contributed by atoms with Gasteiger partial charge in [-0.05, 0) is 38.8 Å². The number of morpholine rings is 1. The molecule has 3 rings (SSSR count). The van der Waals surface area contributed by atoms with Gasteiger partial charge in [-0.2, -0.15) is 0 Å². The Morgan fingerprint density at radius 3 is 2.44 bits per heavy atom. The Bertz CT molecular complexity index is 795. The number of benzene rings is 1. The first-order chi connectivity index (χ1) is 11.9. The van der Waals surface area contributed by atoms with Crippen LogP contribution in [0.4, 0.5) is 0 Å². The van der Waals surface area contributed by atoms with Gasteiger partial charge in [0.15, 0.2) is 5.78 Å². The van der Waals surface area contributed by atoms with E-state index < -0.39 is 0 Å². The number of aromatic nitrogens is 1. The highest BCUT2D eigenvalue weighted by Crippen LogP contribution is 2.27. The van der Waals surface area contributed by atoms with Gasteiger partial charge in [-0.1, -0.05) is 30.3 Å². The largest absolute Gasteiger partial charge is 0.367 e. The molecule has 2 heterocycles. The third-order valence-corrected chi connectivity index (χ3v) is 4.72. The van der Waals surface area contributed by atoms with E-state index in [0.717, 1.165) is 16.8 Å². The van der Waals surface area contributed by atoms with Gasteiger partial charge in [0.05, 0.1) is 12.6 Å². The van der Waals surface area contributed by atoms with Crippen molar-refractivity contribution in [2.75, 3.05) is 13.1 Å². The van der Waals surface area contributed by atoms with Crippen LogP contribution in [0.15, 0.2) is 30.3 Å². The van der Waals surface area contributed by atoms with E-state index in [9.17, 15) is 9.59 Å². The van der Waals surface area contributed by atoms with Crippen LogP contribution in [0.25, 0.3) is 0 Å². The van der Waals surface area contributed by atoms with Crippen molar-refractivity contribution in [2.24, 2.45) is 0 Å². The van der Waals surface area contributed by atoms with Crippen LogP contribution < -0.4 is 0 Å². The number of nitrogens with zero attached hydrogens (tertiary/aromatic N) is 1. The molecule has 0 unspecified atom stereocenters. The first-order valence-electron chi connectivity index (χ1n) is 8.58. The van der Waals surface area contributed by atoms with Gasteiger partial charge in [0.25, 0.3) is 5.91 Å². The lowest BCUT2D eigenvalue weighted by Gasteiger charge is -2.37. The fourth-order valence-electron chi connectivity index (χ4n) is 3.62. The molecule has 2 aromatic rings. The van der Waals surface area contributed by atoms with Gasteiger partial charge in [0.2, 0.25) is 0 Å². The Kier molecular flexibility index (Phi) is 4.77. The fraction of sp³-hybridized carbons (Fsp3) is 0.400. The summed E-state index contributed by atoms with van der Waals surface area (Å²) in [6, 6.07) is 9.95. The van der Waals surface area contributed by atoms with Gasteiger partial charge < -0.3 is 14.6 Å². The molecule has 0 bridgehead atoms. The highest BCUT2D eigenvalue weighted by Gasteiger charge is 2.32. The molecule has 1 aliphatic rings. The second kappa shape index (κ2) is 6.84. The number of ether oxygens (including phenoxy) is 1. The van der Waals surface area contributed by atoms with Crippen LogP contribution in [0.5, 0.6) is 0 Å². The number of aromatic amines is 1. The van der Waals surface area contributed by atoms with E-state index in [4.69, 9.17) is 4.74 Å². The average molecular weight is 340 g/mol. The quantitative estimate of drug-likeness (QED) is 0.871. The number of carbonyl (C=O) groups is 2. The molecule has 1 fully saturated rings. The topological polar surface area (TPSA) is 62.4 Å². The number of rotatable bonds is 3. The summed E-state index contributed by atoms with van der Waals surface area (Å²) in [5, 5.41) is 0. The van der Waals surface area contributed by atoms with E-state index in [2.05, 4.69) is 4.98 Å². The molecule has 1 amide bonds. The zero-order valence-corrected chi connectivity index (χ0v) is 15.1. The second-order valence-corrected chi connectivity index (χ2v) is 6.74. The predicted molar refractivity (Wildman–Crippen MR) is 95.9 cm³/mol. The van der Waals surface area contributed by atoms with Gasteiger partial charge in [0, 0.05) is 17.8 Å². The predicted octanol–water partition coefficient (Wildman–Crippen LogP) is 3.44. The molecule has 132 valence electrons. The van der Waals surface area contributed by atoms with Gasteiger partial charge in [0.1, 0.15) is 11.8 Å². The number of hydrogen-bond donors (Lipinski definition) is 1. The Morgan fingerprint density at radius 1 is 1.16 bits per heavy atom. The van der Waals surface area contributed by atoms with E-state index in [1.54, 1.807) is 0 Å².